The molecule has 1 fully saturated rings. The van der Waals surface area contributed by atoms with Gasteiger partial charge in [-0.15, -0.1) is 0 Å². The molecule has 0 radical (unpaired) electrons. The first kappa shape index (κ1) is 13.3. The maximum absolute atomic E-state index is 10.9. The van der Waals surface area contributed by atoms with Crippen LogP contribution in [0.1, 0.15) is 31.2 Å². The van der Waals surface area contributed by atoms with Crippen LogP contribution in [0.2, 0.25) is 0 Å². The van der Waals surface area contributed by atoms with Crippen LogP contribution in [0.15, 0.2) is 18.2 Å². The van der Waals surface area contributed by atoms with Crippen molar-refractivity contribution >= 4 is 11.4 Å². The van der Waals surface area contributed by atoms with E-state index < -0.39 is 4.92 Å². The first-order valence-electron chi connectivity index (χ1n) is 6.18. The largest absolute Gasteiger partial charge is 0.394 e. The van der Waals surface area contributed by atoms with Gasteiger partial charge < -0.3 is 10.4 Å². The van der Waals surface area contributed by atoms with Crippen molar-refractivity contribution in [3.05, 3.63) is 33.9 Å². The van der Waals surface area contributed by atoms with Crippen molar-refractivity contribution in [3.63, 3.8) is 0 Å². The monoisotopic (exact) mass is 261 g/mol. The normalized spacial score (nSPS) is 16.8. The number of nitro benzene ring substituents is 1. The van der Waals surface area contributed by atoms with Crippen LogP contribution >= 0.6 is 0 Å². The molecule has 0 aliphatic heterocycles. The number of nitrogens with one attached hydrogen (secondary N) is 1. The molecule has 0 aromatic heterocycles. The lowest BCUT2D eigenvalue weighted by atomic mass is 9.98. The molecule has 1 aromatic rings. The Labute approximate surface area is 110 Å². The van der Waals surface area contributed by atoms with Gasteiger partial charge in [0, 0.05) is 11.8 Å². The Morgan fingerprint density at radius 1 is 1.47 bits per heavy atom. The van der Waals surface area contributed by atoms with E-state index in [9.17, 15) is 15.2 Å². The minimum absolute atomic E-state index is 0.000793. The fourth-order valence-electron chi connectivity index (χ4n) is 2.54. The number of benzene rings is 1. The topological polar surface area (TPSA) is 99.2 Å². The highest BCUT2D eigenvalue weighted by Gasteiger charge is 2.33. The molecule has 0 amide bonds. The van der Waals surface area contributed by atoms with E-state index in [4.69, 9.17) is 5.26 Å². The molecule has 0 saturated heterocycles. The SMILES string of the molecule is N#Cc1ccc(NC2(CO)CCCC2)cc1[N+](=O)[O-]. The van der Waals surface area contributed by atoms with E-state index in [-0.39, 0.29) is 23.4 Å². The summed E-state index contributed by atoms with van der Waals surface area (Å²) in [5.41, 5.74) is 0.0161. The van der Waals surface area contributed by atoms with Gasteiger partial charge in [-0.3, -0.25) is 10.1 Å². The second kappa shape index (κ2) is 5.24. The minimum atomic E-state index is -0.565. The number of rotatable bonds is 4. The van der Waals surface area contributed by atoms with Crippen molar-refractivity contribution in [2.45, 2.75) is 31.2 Å². The lowest BCUT2D eigenvalue weighted by Gasteiger charge is -2.29. The number of aliphatic hydroxyl groups is 1. The molecule has 0 bridgehead atoms. The Morgan fingerprint density at radius 2 is 2.16 bits per heavy atom. The van der Waals surface area contributed by atoms with E-state index in [0.717, 1.165) is 25.7 Å². The fraction of sp³-hybridized carbons (Fsp3) is 0.462. The van der Waals surface area contributed by atoms with Gasteiger partial charge in [0.1, 0.15) is 11.6 Å². The number of hydrogen-bond donors (Lipinski definition) is 2. The average Bonchev–Trinajstić information content (AvgIpc) is 2.87. The molecule has 0 unspecified atom stereocenters. The number of aliphatic hydroxyl groups excluding tert-OH is 1. The van der Waals surface area contributed by atoms with Crippen LogP contribution in [0.25, 0.3) is 0 Å². The van der Waals surface area contributed by atoms with Gasteiger partial charge in [-0.05, 0) is 25.0 Å². The second-order valence-corrected chi connectivity index (χ2v) is 4.87. The van der Waals surface area contributed by atoms with Gasteiger partial charge in [0.05, 0.1) is 17.1 Å². The molecule has 0 atom stereocenters. The average molecular weight is 261 g/mol. The number of anilines is 1. The maximum Gasteiger partial charge on any atom is 0.289 e. The molecule has 1 aliphatic carbocycles. The van der Waals surface area contributed by atoms with E-state index in [1.165, 1.54) is 12.1 Å². The summed E-state index contributed by atoms with van der Waals surface area (Å²) >= 11 is 0. The van der Waals surface area contributed by atoms with Gasteiger partial charge in [-0.2, -0.15) is 5.26 Å². The maximum atomic E-state index is 10.9. The lowest BCUT2D eigenvalue weighted by molar-refractivity contribution is -0.385. The van der Waals surface area contributed by atoms with Crippen molar-refractivity contribution < 1.29 is 10.0 Å². The summed E-state index contributed by atoms with van der Waals surface area (Å²) < 4.78 is 0. The number of nitro groups is 1. The Bertz CT molecular complexity index is 530. The number of nitrogens with zero attached hydrogens (tertiary/aromatic N) is 2. The highest BCUT2D eigenvalue weighted by molar-refractivity contribution is 5.60. The molecule has 1 saturated carbocycles. The van der Waals surface area contributed by atoms with Crippen molar-refractivity contribution in [2.75, 3.05) is 11.9 Å². The Morgan fingerprint density at radius 3 is 2.68 bits per heavy atom. The zero-order valence-corrected chi connectivity index (χ0v) is 10.4. The van der Waals surface area contributed by atoms with Gasteiger partial charge in [-0.1, -0.05) is 12.8 Å². The van der Waals surface area contributed by atoms with Crippen LogP contribution in [0.3, 0.4) is 0 Å². The first-order chi connectivity index (χ1) is 9.10. The van der Waals surface area contributed by atoms with Gasteiger partial charge in [-0.25, -0.2) is 0 Å². The van der Waals surface area contributed by atoms with Crippen molar-refractivity contribution in [2.24, 2.45) is 0 Å². The third kappa shape index (κ3) is 2.66. The molecule has 6 nitrogen and oxygen atoms in total. The first-order valence-corrected chi connectivity index (χ1v) is 6.18. The summed E-state index contributed by atoms with van der Waals surface area (Å²) in [7, 11) is 0. The Balaban J connectivity index is 2.29. The Kier molecular flexibility index (Phi) is 3.67. The fourth-order valence-corrected chi connectivity index (χ4v) is 2.54. The smallest absolute Gasteiger partial charge is 0.289 e. The van der Waals surface area contributed by atoms with E-state index >= 15 is 0 Å². The van der Waals surface area contributed by atoms with Gasteiger partial charge in [0.15, 0.2) is 0 Å². The third-order valence-electron chi connectivity index (χ3n) is 3.59. The van der Waals surface area contributed by atoms with E-state index in [1.807, 2.05) is 0 Å². The standard InChI is InChI=1S/C13H15N3O3/c14-8-10-3-4-11(7-12(10)16(18)19)15-13(9-17)5-1-2-6-13/h3-4,7,15,17H,1-2,5-6,9H2. The zero-order valence-electron chi connectivity index (χ0n) is 10.4. The molecule has 2 N–H and O–H groups in total. The van der Waals surface area contributed by atoms with Gasteiger partial charge in [0.2, 0.25) is 0 Å². The summed E-state index contributed by atoms with van der Waals surface area (Å²) in [5, 5.41) is 32.4. The van der Waals surface area contributed by atoms with Crippen LogP contribution in [0, 0.1) is 21.4 Å². The van der Waals surface area contributed by atoms with Crippen LogP contribution in [-0.4, -0.2) is 22.2 Å². The minimum Gasteiger partial charge on any atom is -0.394 e. The summed E-state index contributed by atoms with van der Waals surface area (Å²) in [4.78, 5) is 10.3. The van der Waals surface area contributed by atoms with Gasteiger partial charge >= 0.3 is 0 Å². The highest BCUT2D eigenvalue weighted by Crippen LogP contribution is 2.34. The second-order valence-electron chi connectivity index (χ2n) is 4.87. The molecular formula is C13H15N3O3. The predicted molar refractivity (Wildman–Crippen MR) is 69.7 cm³/mol. The van der Waals surface area contributed by atoms with Crippen LogP contribution in [0.4, 0.5) is 11.4 Å². The zero-order chi connectivity index (χ0) is 13.9. The summed E-state index contributed by atoms with van der Waals surface area (Å²) in [6.45, 7) is 0.000793. The summed E-state index contributed by atoms with van der Waals surface area (Å²) in [6.07, 6.45) is 3.76. The summed E-state index contributed by atoms with van der Waals surface area (Å²) in [6, 6.07) is 6.23. The van der Waals surface area contributed by atoms with E-state index in [2.05, 4.69) is 5.32 Å². The highest BCUT2D eigenvalue weighted by atomic mass is 16.6. The quantitative estimate of drug-likeness (QED) is 0.639. The molecule has 0 spiro atoms. The van der Waals surface area contributed by atoms with Crippen molar-refractivity contribution in [1.82, 2.24) is 0 Å². The Hall–Kier alpha value is -2.13. The predicted octanol–water partition coefficient (Wildman–Crippen LogP) is 2.18. The van der Waals surface area contributed by atoms with Crippen LogP contribution in [0.5, 0.6) is 0 Å². The van der Waals surface area contributed by atoms with Crippen molar-refractivity contribution in [1.29, 1.82) is 5.26 Å². The molecule has 0 heterocycles. The number of hydrogen-bond acceptors (Lipinski definition) is 5. The molecule has 100 valence electrons. The summed E-state index contributed by atoms with van der Waals surface area (Å²) in [5.74, 6) is 0. The molecule has 6 heteroatoms. The third-order valence-corrected chi connectivity index (χ3v) is 3.59. The number of nitriles is 1. The molecule has 1 aliphatic rings. The van der Waals surface area contributed by atoms with E-state index in [1.54, 1.807) is 12.1 Å². The molecule has 2 rings (SSSR count). The molecule has 19 heavy (non-hydrogen) atoms. The van der Waals surface area contributed by atoms with Crippen LogP contribution < -0.4 is 5.32 Å². The molecular weight excluding hydrogens is 246 g/mol. The molecule has 1 aromatic carbocycles. The van der Waals surface area contributed by atoms with Crippen molar-refractivity contribution in [3.8, 4) is 6.07 Å². The lowest BCUT2D eigenvalue weighted by Crippen LogP contribution is -2.38. The van der Waals surface area contributed by atoms with E-state index in [0.29, 0.717) is 5.69 Å². The van der Waals surface area contributed by atoms with Gasteiger partial charge in [0.25, 0.3) is 5.69 Å². The van der Waals surface area contributed by atoms with Crippen LogP contribution in [-0.2, 0) is 0 Å².